The number of ether oxygens (including phenoxy) is 2. The normalized spacial score (nSPS) is 9.81. The van der Waals surface area contributed by atoms with Crippen LogP contribution < -0.4 is 9.47 Å². The van der Waals surface area contributed by atoms with Gasteiger partial charge in [0.2, 0.25) is 0 Å². The summed E-state index contributed by atoms with van der Waals surface area (Å²) < 4.78 is 34.9. The van der Waals surface area contributed by atoms with Crippen LogP contribution in [0.5, 0.6) is 11.5 Å². The first-order chi connectivity index (χ1) is 7.63. The molecule has 1 N–H and O–H groups in total. The lowest BCUT2D eigenvalue weighted by Crippen LogP contribution is -1.97. The van der Waals surface area contributed by atoms with Gasteiger partial charge < -0.3 is 14.6 Å². The molecule has 3 nitrogen and oxygen atoms in total. The van der Waals surface area contributed by atoms with E-state index in [0.29, 0.717) is 5.75 Å². The zero-order valence-corrected chi connectivity index (χ0v) is 8.96. The van der Waals surface area contributed by atoms with E-state index < -0.39 is 18.3 Å². The number of aliphatic hydroxyl groups excluding tert-OH is 1. The van der Waals surface area contributed by atoms with Gasteiger partial charge in [-0.2, -0.15) is 8.78 Å². The number of methoxy groups -OCH3 is 2. The Kier molecular flexibility index (Phi) is 4.25. The molecule has 1 rings (SSSR count). The van der Waals surface area contributed by atoms with Crippen LogP contribution in [-0.2, 0) is 0 Å². The van der Waals surface area contributed by atoms with Crippen LogP contribution in [0.25, 0.3) is 5.57 Å². The molecule has 0 unspecified atom stereocenters. The Balaban J connectivity index is 3.28. The first kappa shape index (κ1) is 12.4. The number of hydrogen-bond acceptors (Lipinski definition) is 3. The van der Waals surface area contributed by atoms with Crippen molar-refractivity contribution in [2.45, 2.75) is 0 Å². The molecular formula is C11H12F2O3. The van der Waals surface area contributed by atoms with Gasteiger partial charge in [-0.15, -0.1) is 0 Å². The third-order valence-electron chi connectivity index (χ3n) is 2.12. The van der Waals surface area contributed by atoms with Crippen LogP contribution in [0.4, 0.5) is 8.78 Å². The summed E-state index contributed by atoms with van der Waals surface area (Å²) in [7, 11) is 2.83. The molecule has 16 heavy (non-hydrogen) atoms. The third kappa shape index (κ3) is 2.49. The van der Waals surface area contributed by atoms with Crippen LogP contribution in [0.3, 0.4) is 0 Å². The predicted molar refractivity (Wildman–Crippen MR) is 55.8 cm³/mol. The maximum atomic E-state index is 12.5. The molecule has 0 saturated heterocycles. The fourth-order valence-corrected chi connectivity index (χ4v) is 1.29. The van der Waals surface area contributed by atoms with E-state index in [1.54, 1.807) is 0 Å². The molecule has 1 aromatic rings. The van der Waals surface area contributed by atoms with E-state index in [-0.39, 0.29) is 11.3 Å². The first-order valence-electron chi connectivity index (χ1n) is 4.51. The Hall–Kier alpha value is -1.62. The van der Waals surface area contributed by atoms with Gasteiger partial charge in [-0.1, -0.05) is 0 Å². The molecule has 0 saturated carbocycles. The molecule has 0 heterocycles. The lowest BCUT2D eigenvalue weighted by Gasteiger charge is -2.11. The van der Waals surface area contributed by atoms with Gasteiger partial charge >= 0.3 is 0 Å². The summed E-state index contributed by atoms with van der Waals surface area (Å²) >= 11 is 0. The van der Waals surface area contributed by atoms with Gasteiger partial charge in [-0.25, -0.2) is 0 Å². The van der Waals surface area contributed by atoms with Crippen molar-refractivity contribution in [2.75, 3.05) is 20.8 Å². The smallest absolute Gasteiger partial charge is 0.276 e. The van der Waals surface area contributed by atoms with Crippen LogP contribution in [0.15, 0.2) is 24.3 Å². The van der Waals surface area contributed by atoms with E-state index in [4.69, 9.17) is 14.6 Å². The van der Waals surface area contributed by atoms with Crippen molar-refractivity contribution in [3.05, 3.63) is 29.8 Å². The summed E-state index contributed by atoms with van der Waals surface area (Å²) in [5, 5.41) is 8.87. The predicted octanol–water partition coefficient (Wildman–Crippen LogP) is 2.30. The summed E-state index contributed by atoms with van der Waals surface area (Å²) in [6.07, 6.45) is -1.93. The molecule has 0 amide bonds. The second kappa shape index (κ2) is 5.46. The van der Waals surface area contributed by atoms with Gasteiger partial charge in [0.25, 0.3) is 6.08 Å². The first-order valence-corrected chi connectivity index (χ1v) is 4.51. The highest BCUT2D eigenvalue weighted by molar-refractivity contribution is 5.72. The second-order valence-electron chi connectivity index (χ2n) is 2.96. The fourth-order valence-electron chi connectivity index (χ4n) is 1.29. The molecule has 0 fully saturated rings. The molecule has 5 heteroatoms. The monoisotopic (exact) mass is 230 g/mol. The van der Waals surface area contributed by atoms with Crippen molar-refractivity contribution in [1.82, 2.24) is 0 Å². The number of aliphatic hydroxyl groups is 1. The molecule has 0 aromatic heterocycles. The highest BCUT2D eigenvalue weighted by Crippen LogP contribution is 2.32. The maximum Gasteiger partial charge on any atom is 0.276 e. The van der Waals surface area contributed by atoms with Crippen molar-refractivity contribution in [3.63, 3.8) is 0 Å². The average Bonchev–Trinajstić information content (AvgIpc) is 2.29. The minimum Gasteiger partial charge on any atom is -0.497 e. The van der Waals surface area contributed by atoms with Gasteiger partial charge in [0.05, 0.1) is 26.4 Å². The molecular weight excluding hydrogens is 218 g/mol. The largest absolute Gasteiger partial charge is 0.497 e. The zero-order chi connectivity index (χ0) is 12.1. The highest BCUT2D eigenvalue weighted by Gasteiger charge is 2.14. The fraction of sp³-hybridized carbons (Fsp3) is 0.273. The molecule has 1 aromatic carbocycles. The van der Waals surface area contributed by atoms with Gasteiger partial charge in [0, 0.05) is 11.6 Å². The lowest BCUT2D eigenvalue weighted by molar-refractivity contribution is 0.335. The van der Waals surface area contributed by atoms with Crippen molar-refractivity contribution >= 4 is 5.57 Å². The standard InChI is InChI=1S/C11H12F2O3/c1-15-7-3-4-8(10(5-7)16-2)9(6-14)11(12)13/h3-5,14H,6H2,1-2H3. The number of hydrogen-bond donors (Lipinski definition) is 1. The highest BCUT2D eigenvalue weighted by atomic mass is 19.3. The van der Waals surface area contributed by atoms with Gasteiger partial charge in [0.15, 0.2) is 0 Å². The van der Waals surface area contributed by atoms with Crippen molar-refractivity contribution in [1.29, 1.82) is 0 Å². The molecule has 0 radical (unpaired) electrons. The Labute approximate surface area is 91.9 Å². The molecule has 88 valence electrons. The van der Waals surface area contributed by atoms with Crippen LogP contribution in [0, 0.1) is 0 Å². The minimum atomic E-state index is -1.93. The van der Waals surface area contributed by atoms with E-state index in [2.05, 4.69) is 0 Å². The van der Waals surface area contributed by atoms with Crippen LogP contribution >= 0.6 is 0 Å². The van der Waals surface area contributed by atoms with Crippen molar-refractivity contribution in [2.24, 2.45) is 0 Å². The quantitative estimate of drug-likeness (QED) is 0.862. The summed E-state index contributed by atoms with van der Waals surface area (Å²) in [4.78, 5) is 0. The van der Waals surface area contributed by atoms with Crippen LogP contribution in [0.2, 0.25) is 0 Å². The van der Waals surface area contributed by atoms with E-state index in [1.165, 1.54) is 32.4 Å². The summed E-state index contributed by atoms with van der Waals surface area (Å²) in [5.74, 6) is 0.730. The number of benzene rings is 1. The van der Waals surface area contributed by atoms with E-state index >= 15 is 0 Å². The second-order valence-corrected chi connectivity index (χ2v) is 2.96. The summed E-state index contributed by atoms with van der Waals surface area (Å²) in [5.41, 5.74) is -0.287. The van der Waals surface area contributed by atoms with Crippen molar-refractivity contribution < 1.29 is 23.4 Å². The Morgan fingerprint density at radius 2 is 1.94 bits per heavy atom. The van der Waals surface area contributed by atoms with Crippen molar-refractivity contribution in [3.8, 4) is 11.5 Å². The molecule has 0 aliphatic rings. The minimum absolute atomic E-state index is 0.158. The average molecular weight is 230 g/mol. The third-order valence-corrected chi connectivity index (χ3v) is 2.12. The van der Waals surface area contributed by atoms with Gasteiger partial charge in [-0.05, 0) is 12.1 Å². The molecule has 0 spiro atoms. The number of rotatable bonds is 4. The molecule has 0 aliphatic heterocycles. The lowest BCUT2D eigenvalue weighted by atomic mass is 10.1. The van der Waals surface area contributed by atoms with E-state index in [1.807, 2.05) is 0 Å². The Bertz CT molecular complexity index is 398. The summed E-state index contributed by atoms with van der Waals surface area (Å²) in [6, 6.07) is 4.42. The molecule has 0 bridgehead atoms. The zero-order valence-electron chi connectivity index (χ0n) is 8.96. The maximum absolute atomic E-state index is 12.5. The SMILES string of the molecule is COc1ccc(C(CO)=C(F)F)c(OC)c1. The Morgan fingerprint density at radius 1 is 1.25 bits per heavy atom. The Morgan fingerprint density at radius 3 is 2.38 bits per heavy atom. The number of halogens is 2. The van der Waals surface area contributed by atoms with E-state index in [9.17, 15) is 8.78 Å². The van der Waals surface area contributed by atoms with Crippen LogP contribution in [-0.4, -0.2) is 25.9 Å². The van der Waals surface area contributed by atoms with E-state index in [0.717, 1.165) is 0 Å². The summed E-state index contributed by atoms with van der Waals surface area (Å²) in [6.45, 7) is -0.745. The van der Waals surface area contributed by atoms with Gasteiger partial charge in [-0.3, -0.25) is 0 Å². The molecule has 0 atom stereocenters. The topological polar surface area (TPSA) is 38.7 Å². The molecule has 0 aliphatic carbocycles. The van der Waals surface area contributed by atoms with Crippen LogP contribution in [0.1, 0.15) is 5.56 Å². The van der Waals surface area contributed by atoms with Gasteiger partial charge in [0.1, 0.15) is 11.5 Å².